The third-order valence-corrected chi connectivity index (χ3v) is 4.28. The largest absolute Gasteiger partial charge is 0.494 e. The van der Waals surface area contributed by atoms with E-state index in [1.165, 1.54) is 0 Å². The second-order valence-corrected chi connectivity index (χ2v) is 6.34. The van der Waals surface area contributed by atoms with Gasteiger partial charge in [-0.15, -0.1) is 0 Å². The molecule has 138 valence electrons. The Morgan fingerprint density at radius 2 is 1.78 bits per heavy atom. The van der Waals surface area contributed by atoms with E-state index in [0.29, 0.717) is 23.0 Å². The Morgan fingerprint density at radius 3 is 2.48 bits per heavy atom. The van der Waals surface area contributed by atoms with Gasteiger partial charge in [-0.25, -0.2) is 0 Å². The van der Waals surface area contributed by atoms with E-state index in [-0.39, 0.29) is 5.91 Å². The van der Waals surface area contributed by atoms with Crippen LogP contribution in [0.4, 0.5) is 17.1 Å². The summed E-state index contributed by atoms with van der Waals surface area (Å²) in [5, 5.41) is 6.66. The molecule has 0 saturated carbocycles. The average Bonchev–Trinajstić information content (AvgIpc) is 2.67. The Kier molecular flexibility index (Phi) is 5.94. The van der Waals surface area contributed by atoms with Crippen molar-refractivity contribution in [3.8, 4) is 5.75 Å². The number of amides is 1. The lowest BCUT2D eigenvalue weighted by Gasteiger charge is -2.10. The van der Waals surface area contributed by atoms with E-state index >= 15 is 0 Å². The summed E-state index contributed by atoms with van der Waals surface area (Å²) in [4.78, 5) is 16.6. The number of benzene rings is 2. The van der Waals surface area contributed by atoms with Crippen LogP contribution in [-0.2, 0) is 0 Å². The number of carbonyl (C=O) groups excluding carboxylic acids is 1. The number of carbonyl (C=O) groups is 1. The number of aryl methyl sites for hydroxylation is 1. The van der Waals surface area contributed by atoms with Gasteiger partial charge < -0.3 is 15.4 Å². The molecule has 0 aliphatic carbocycles. The Labute approximate surface area is 163 Å². The molecule has 0 aliphatic rings. The summed E-state index contributed by atoms with van der Waals surface area (Å²) in [6.45, 7) is 4.48. The standard InChI is InChI=1S/C21H20ClN3O2/c1-3-27-18-8-6-15(7-9-18)24-17-10-11-23-20(13-17)21(26)25-16-5-4-14(2)19(22)12-16/h4-13H,3H2,1-2H3,(H,23,24)(H,25,26). The van der Waals surface area contributed by atoms with Crippen molar-refractivity contribution in [3.63, 3.8) is 0 Å². The first kappa shape index (κ1) is 18.7. The van der Waals surface area contributed by atoms with E-state index < -0.39 is 0 Å². The molecule has 1 heterocycles. The molecule has 2 N–H and O–H groups in total. The number of aromatic nitrogens is 1. The van der Waals surface area contributed by atoms with Gasteiger partial charge in [-0.3, -0.25) is 9.78 Å². The molecule has 6 heteroatoms. The Hall–Kier alpha value is -3.05. The van der Waals surface area contributed by atoms with Crippen LogP contribution < -0.4 is 15.4 Å². The smallest absolute Gasteiger partial charge is 0.274 e. The summed E-state index contributed by atoms with van der Waals surface area (Å²) in [6.07, 6.45) is 1.59. The van der Waals surface area contributed by atoms with Gasteiger partial charge >= 0.3 is 0 Å². The number of halogens is 1. The van der Waals surface area contributed by atoms with Gasteiger partial charge in [0.25, 0.3) is 5.91 Å². The average molecular weight is 382 g/mol. The molecule has 1 amide bonds. The maximum atomic E-state index is 12.5. The number of hydrogen-bond acceptors (Lipinski definition) is 4. The van der Waals surface area contributed by atoms with Crippen LogP contribution in [0, 0.1) is 6.92 Å². The Bertz CT molecular complexity index is 942. The highest BCUT2D eigenvalue weighted by atomic mass is 35.5. The molecule has 0 spiro atoms. The molecule has 0 radical (unpaired) electrons. The second kappa shape index (κ2) is 8.56. The molecule has 0 bridgehead atoms. The number of anilines is 3. The molecule has 1 aromatic heterocycles. The highest BCUT2D eigenvalue weighted by Crippen LogP contribution is 2.22. The minimum absolute atomic E-state index is 0.301. The molecule has 0 unspecified atom stereocenters. The summed E-state index contributed by atoms with van der Waals surface area (Å²) in [6, 6.07) is 16.5. The topological polar surface area (TPSA) is 63.2 Å². The number of ether oxygens (including phenoxy) is 1. The summed E-state index contributed by atoms with van der Waals surface area (Å²) in [5.41, 5.74) is 3.54. The quantitative estimate of drug-likeness (QED) is 0.597. The lowest BCUT2D eigenvalue weighted by atomic mass is 10.2. The zero-order valence-electron chi connectivity index (χ0n) is 15.1. The maximum absolute atomic E-state index is 12.5. The minimum atomic E-state index is -0.301. The molecule has 0 aliphatic heterocycles. The molecule has 27 heavy (non-hydrogen) atoms. The highest BCUT2D eigenvalue weighted by molar-refractivity contribution is 6.31. The van der Waals surface area contributed by atoms with Crippen LogP contribution in [-0.4, -0.2) is 17.5 Å². The van der Waals surface area contributed by atoms with Crippen molar-refractivity contribution in [2.24, 2.45) is 0 Å². The van der Waals surface area contributed by atoms with E-state index in [9.17, 15) is 4.79 Å². The van der Waals surface area contributed by atoms with Crippen molar-refractivity contribution < 1.29 is 9.53 Å². The molecule has 0 saturated heterocycles. The molecule has 0 atom stereocenters. The van der Waals surface area contributed by atoms with Gasteiger partial charge in [0.15, 0.2) is 0 Å². The van der Waals surface area contributed by atoms with Crippen LogP contribution in [0.1, 0.15) is 23.0 Å². The molecule has 2 aromatic carbocycles. The number of hydrogen-bond donors (Lipinski definition) is 2. The molecular formula is C21H20ClN3O2. The van der Waals surface area contributed by atoms with E-state index in [0.717, 1.165) is 22.7 Å². The minimum Gasteiger partial charge on any atom is -0.494 e. The van der Waals surface area contributed by atoms with Crippen molar-refractivity contribution >= 4 is 34.6 Å². The van der Waals surface area contributed by atoms with Crippen molar-refractivity contribution in [2.75, 3.05) is 17.2 Å². The Morgan fingerprint density at radius 1 is 1.04 bits per heavy atom. The van der Waals surface area contributed by atoms with Crippen molar-refractivity contribution in [2.45, 2.75) is 13.8 Å². The zero-order chi connectivity index (χ0) is 19.2. The first-order valence-corrected chi connectivity index (χ1v) is 8.96. The van der Waals surface area contributed by atoms with Gasteiger partial charge in [0.2, 0.25) is 0 Å². The van der Waals surface area contributed by atoms with Crippen LogP contribution in [0.25, 0.3) is 0 Å². The van der Waals surface area contributed by atoms with Crippen LogP contribution in [0.3, 0.4) is 0 Å². The number of nitrogens with zero attached hydrogens (tertiary/aromatic N) is 1. The summed E-state index contributed by atoms with van der Waals surface area (Å²) in [5.74, 6) is 0.514. The summed E-state index contributed by atoms with van der Waals surface area (Å²) in [7, 11) is 0. The SMILES string of the molecule is CCOc1ccc(Nc2ccnc(C(=O)Nc3ccc(C)c(Cl)c3)c2)cc1. The third-order valence-electron chi connectivity index (χ3n) is 3.88. The first-order valence-electron chi connectivity index (χ1n) is 8.58. The Balaban J connectivity index is 1.70. The zero-order valence-corrected chi connectivity index (χ0v) is 15.9. The number of rotatable bonds is 6. The molecular weight excluding hydrogens is 362 g/mol. The van der Waals surface area contributed by atoms with Gasteiger partial charge in [0, 0.05) is 28.3 Å². The van der Waals surface area contributed by atoms with Crippen LogP contribution in [0.2, 0.25) is 5.02 Å². The van der Waals surface area contributed by atoms with Gasteiger partial charge in [-0.2, -0.15) is 0 Å². The molecule has 0 fully saturated rings. The summed E-state index contributed by atoms with van der Waals surface area (Å²) >= 11 is 6.10. The molecule has 5 nitrogen and oxygen atoms in total. The number of nitrogens with one attached hydrogen (secondary N) is 2. The van der Waals surface area contributed by atoms with Gasteiger partial charge in [0.1, 0.15) is 11.4 Å². The van der Waals surface area contributed by atoms with E-state index in [1.54, 1.807) is 30.5 Å². The predicted molar refractivity (Wildman–Crippen MR) is 109 cm³/mol. The fraction of sp³-hybridized carbons (Fsp3) is 0.143. The van der Waals surface area contributed by atoms with Gasteiger partial charge in [-0.1, -0.05) is 17.7 Å². The van der Waals surface area contributed by atoms with Crippen LogP contribution in [0.5, 0.6) is 5.75 Å². The maximum Gasteiger partial charge on any atom is 0.274 e. The van der Waals surface area contributed by atoms with Gasteiger partial charge in [0.05, 0.1) is 6.61 Å². The summed E-state index contributed by atoms with van der Waals surface area (Å²) < 4.78 is 5.43. The van der Waals surface area contributed by atoms with Crippen molar-refractivity contribution in [1.82, 2.24) is 4.98 Å². The van der Waals surface area contributed by atoms with E-state index in [4.69, 9.17) is 16.3 Å². The second-order valence-electron chi connectivity index (χ2n) is 5.93. The lowest BCUT2D eigenvalue weighted by molar-refractivity contribution is 0.102. The van der Waals surface area contributed by atoms with Crippen LogP contribution in [0.15, 0.2) is 60.8 Å². The third kappa shape index (κ3) is 4.99. The van der Waals surface area contributed by atoms with Gasteiger partial charge in [-0.05, 0) is 67.9 Å². The molecule has 3 rings (SSSR count). The normalized spacial score (nSPS) is 10.3. The highest BCUT2D eigenvalue weighted by Gasteiger charge is 2.09. The fourth-order valence-corrected chi connectivity index (χ4v) is 2.65. The first-order chi connectivity index (χ1) is 13.0. The number of pyridine rings is 1. The predicted octanol–water partition coefficient (Wildman–Crippen LogP) is 5.44. The van der Waals surface area contributed by atoms with E-state index in [2.05, 4.69) is 15.6 Å². The lowest BCUT2D eigenvalue weighted by Crippen LogP contribution is -2.13. The van der Waals surface area contributed by atoms with E-state index in [1.807, 2.05) is 44.2 Å². The molecule has 3 aromatic rings. The van der Waals surface area contributed by atoms with Crippen molar-refractivity contribution in [1.29, 1.82) is 0 Å². The van der Waals surface area contributed by atoms with Crippen molar-refractivity contribution in [3.05, 3.63) is 77.1 Å². The fourth-order valence-electron chi connectivity index (χ4n) is 2.47. The van der Waals surface area contributed by atoms with Crippen LogP contribution >= 0.6 is 11.6 Å². The monoisotopic (exact) mass is 381 g/mol.